The van der Waals surface area contributed by atoms with Crippen LogP contribution in [-0.4, -0.2) is 32.7 Å². The van der Waals surface area contributed by atoms with E-state index in [2.05, 4.69) is 10.1 Å². The Labute approximate surface area is 176 Å². The molecule has 8 heteroatoms. The molecule has 4 aromatic rings. The lowest BCUT2D eigenvalue weighted by atomic mass is 9.99. The second-order valence-electron chi connectivity index (χ2n) is 7.49. The smallest absolute Gasteiger partial charge is 0.256 e. The molecule has 0 fully saturated rings. The fourth-order valence-electron chi connectivity index (χ4n) is 3.96. The number of halogens is 2. The zero-order chi connectivity index (χ0) is 21.7. The number of ether oxygens (including phenoxy) is 1. The van der Waals surface area contributed by atoms with E-state index in [0.29, 0.717) is 28.1 Å². The van der Waals surface area contributed by atoms with E-state index in [9.17, 15) is 13.6 Å². The van der Waals surface area contributed by atoms with Crippen molar-refractivity contribution < 1.29 is 18.3 Å². The molecule has 5 rings (SSSR count). The number of pyridine rings is 1. The maximum absolute atomic E-state index is 15.0. The van der Waals surface area contributed by atoms with E-state index in [-0.39, 0.29) is 24.6 Å². The number of aryl methyl sites for hydroxylation is 1. The van der Waals surface area contributed by atoms with Crippen LogP contribution in [0.1, 0.15) is 21.6 Å². The number of fused-ring (bicyclic) bond motifs is 2. The Hall–Kier alpha value is -3.81. The first-order valence-corrected chi connectivity index (χ1v) is 9.67. The molecule has 1 aliphatic heterocycles. The van der Waals surface area contributed by atoms with Crippen molar-refractivity contribution in [2.75, 3.05) is 7.11 Å². The van der Waals surface area contributed by atoms with Crippen molar-refractivity contribution in [1.82, 2.24) is 19.7 Å². The Balaban J connectivity index is 1.47. The molecule has 6 nitrogen and oxygen atoms in total. The minimum absolute atomic E-state index is 0.157. The first-order chi connectivity index (χ1) is 14.9. The van der Waals surface area contributed by atoms with E-state index < -0.39 is 11.6 Å². The number of hydrogen-bond donors (Lipinski definition) is 0. The normalized spacial score (nSPS) is 13.2. The molecule has 0 bridgehead atoms. The molecule has 0 radical (unpaired) electrons. The number of aromatic nitrogens is 3. The van der Waals surface area contributed by atoms with Crippen molar-refractivity contribution in [3.8, 4) is 16.9 Å². The molecule has 0 N–H and O–H groups in total. The number of methoxy groups -OCH3 is 1. The third-order valence-corrected chi connectivity index (χ3v) is 5.50. The van der Waals surface area contributed by atoms with Gasteiger partial charge in [0.1, 0.15) is 17.4 Å². The van der Waals surface area contributed by atoms with E-state index >= 15 is 0 Å². The molecular formula is C23H18F2N4O2. The van der Waals surface area contributed by atoms with Crippen LogP contribution in [0.5, 0.6) is 5.75 Å². The number of carbonyl (C=O) groups is 1. The predicted octanol–water partition coefficient (Wildman–Crippen LogP) is 4.08. The summed E-state index contributed by atoms with van der Waals surface area (Å²) in [5.74, 6) is -1.28. The average Bonchev–Trinajstić information content (AvgIpc) is 3.28. The Morgan fingerprint density at radius 1 is 1.13 bits per heavy atom. The summed E-state index contributed by atoms with van der Waals surface area (Å²) < 4.78 is 36.8. The van der Waals surface area contributed by atoms with Gasteiger partial charge in [-0.2, -0.15) is 5.10 Å². The van der Waals surface area contributed by atoms with Crippen molar-refractivity contribution in [2.45, 2.75) is 13.1 Å². The Morgan fingerprint density at radius 2 is 1.90 bits per heavy atom. The molecule has 0 unspecified atom stereocenters. The summed E-state index contributed by atoms with van der Waals surface area (Å²) in [4.78, 5) is 18.3. The summed E-state index contributed by atoms with van der Waals surface area (Å²) in [7, 11) is 3.28. The molecule has 0 spiro atoms. The second kappa shape index (κ2) is 7.16. The van der Waals surface area contributed by atoms with Gasteiger partial charge in [-0.1, -0.05) is 12.1 Å². The maximum atomic E-state index is 15.0. The lowest BCUT2D eigenvalue weighted by molar-refractivity contribution is 0.0763. The fraction of sp³-hybridized carbons (Fsp3) is 0.174. The van der Waals surface area contributed by atoms with Crippen molar-refractivity contribution in [1.29, 1.82) is 0 Å². The summed E-state index contributed by atoms with van der Waals surface area (Å²) in [6.07, 6.45) is 3.33. The van der Waals surface area contributed by atoms with Gasteiger partial charge in [-0.05, 0) is 35.4 Å². The third-order valence-electron chi connectivity index (χ3n) is 5.50. The highest BCUT2D eigenvalue weighted by molar-refractivity contribution is 5.98. The van der Waals surface area contributed by atoms with Crippen LogP contribution < -0.4 is 4.74 Å². The van der Waals surface area contributed by atoms with Gasteiger partial charge in [-0.3, -0.25) is 14.5 Å². The molecule has 1 aliphatic rings. The van der Waals surface area contributed by atoms with Crippen LogP contribution in [0.25, 0.3) is 22.0 Å². The van der Waals surface area contributed by atoms with E-state index in [0.717, 1.165) is 10.9 Å². The van der Waals surface area contributed by atoms with E-state index in [4.69, 9.17) is 4.74 Å². The van der Waals surface area contributed by atoms with E-state index in [1.165, 1.54) is 30.3 Å². The predicted molar refractivity (Wildman–Crippen MR) is 110 cm³/mol. The van der Waals surface area contributed by atoms with Gasteiger partial charge in [0.2, 0.25) is 0 Å². The molecule has 156 valence electrons. The number of hydrogen-bond acceptors (Lipinski definition) is 4. The van der Waals surface area contributed by atoms with Crippen LogP contribution in [0.4, 0.5) is 8.78 Å². The largest absolute Gasteiger partial charge is 0.495 e. The van der Waals surface area contributed by atoms with Crippen LogP contribution in [-0.2, 0) is 20.1 Å². The topological polar surface area (TPSA) is 60.2 Å². The second-order valence-corrected chi connectivity index (χ2v) is 7.49. The molecule has 2 aromatic heterocycles. The highest BCUT2D eigenvalue weighted by atomic mass is 19.1. The number of nitrogens with zero attached hydrogens (tertiary/aromatic N) is 4. The Bertz CT molecular complexity index is 1330. The SMILES string of the molecule is COc1cnc2c(c1)C(=O)N(Cc1c(F)cc(-c3cccc4nn(C)cc34)cc1F)C2. The van der Waals surface area contributed by atoms with Crippen molar-refractivity contribution in [3.05, 3.63) is 77.2 Å². The minimum Gasteiger partial charge on any atom is -0.495 e. The summed E-state index contributed by atoms with van der Waals surface area (Å²) in [6.45, 7) is 0.000330. The molecule has 3 heterocycles. The molecule has 0 saturated heterocycles. The van der Waals surface area contributed by atoms with Gasteiger partial charge < -0.3 is 9.64 Å². The van der Waals surface area contributed by atoms with Gasteiger partial charge >= 0.3 is 0 Å². The molecule has 31 heavy (non-hydrogen) atoms. The van der Waals surface area contributed by atoms with Crippen molar-refractivity contribution in [2.24, 2.45) is 7.05 Å². The number of amides is 1. The minimum atomic E-state index is -0.704. The highest BCUT2D eigenvalue weighted by Crippen LogP contribution is 2.32. The van der Waals surface area contributed by atoms with Crippen LogP contribution in [0.2, 0.25) is 0 Å². The number of rotatable bonds is 4. The van der Waals surface area contributed by atoms with E-state index in [1.54, 1.807) is 29.9 Å². The Morgan fingerprint density at radius 3 is 2.65 bits per heavy atom. The van der Waals surface area contributed by atoms with Gasteiger partial charge in [-0.15, -0.1) is 0 Å². The lowest BCUT2D eigenvalue weighted by Gasteiger charge is -2.17. The standard InChI is InChI=1S/C23H18F2N4O2/c1-28-10-17-15(4-3-5-21(17)27-28)13-6-19(24)18(20(25)7-13)11-29-12-22-16(23(29)30)8-14(31-2)9-26-22/h3-10H,11-12H2,1-2H3. The first kappa shape index (κ1) is 19.2. The first-order valence-electron chi connectivity index (χ1n) is 9.67. The van der Waals surface area contributed by atoms with Gasteiger partial charge in [0, 0.05) is 24.2 Å². The zero-order valence-electron chi connectivity index (χ0n) is 16.9. The van der Waals surface area contributed by atoms with Crippen LogP contribution in [0, 0.1) is 11.6 Å². The molecule has 2 aromatic carbocycles. The third kappa shape index (κ3) is 3.20. The number of carbonyl (C=O) groups excluding carboxylic acids is 1. The van der Waals surface area contributed by atoms with Crippen molar-refractivity contribution >= 4 is 16.8 Å². The molecule has 0 aliphatic carbocycles. The molecule has 1 amide bonds. The fourth-order valence-corrected chi connectivity index (χ4v) is 3.96. The van der Waals surface area contributed by atoms with E-state index in [1.807, 2.05) is 12.3 Å². The van der Waals surface area contributed by atoms with Crippen LogP contribution in [0.15, 0.2) is 48.8 Å². The van der Waals surface area contributed by atoms with Gasteiger partial charge in [-0.25, -0.2) is 8.78 Å². The summed E-state index contributed by atoms with van der Waals surface area (Å²) >= 11 is 0. The molecule has 0 saturated carbocycles. The zero-order valence-corrected chi connectivity index (χ0v) is 16.9. The monoisotopic (exact) mass is 420 g/mol. The average molecular weight is 420 g/mol. The molecular weight excluding hydrogens is 402 g/mol. The quantitative estimate of drug-likeness (QED) is 0.499. The van der Waals surface area contributed by atoms with Gasteiger partial charge in [0.05, 0.1) is 43.2 Å². The summed E-state index contributed by atoms with van der Waals surface area (Å²) in [5.41, 5.74) is 2.64. The van der Waals surface area contributed by atoms with Crippen molar-refractivity contribution in [3.63, 3.8) is 0 Å². The maximum Gasteiger partial charge on any atom is 0.256 e. The summed E-state index contributed by atoms with van der Waals surface area (Å²) in [6, 6.07) is 9.65. The van der Waals surface area contributed by atoms with Gasteiger partial charge in [0.25, 0.3) is 5.91 Å². The highest BCUT2D eigenvalue weighted by Gasteiger charge is 2.30. The molecule has 0 atom stereocenters. The summed E-state index contributed by atoms with van der Waals surface area (Å²) in [5, 5.41) is 5.15. The van der Waals surface area contributed by atoms with Gasteiger partial charge in [0.15, 0.2) is 0 Å². The van der Waals surface area contributed by atoms with Crippen LogP contribution >= 0.6 is 0 Å². The Kier molecular flexibility index (Phi) is 4.43. The van der Waals surface area contributed by atoms with Crippen LogP contribution in [0.3, 0.4) is 0 Å². The lowest BCUT2D eigenvalue weighted by Crippen LogP contribution is -2.24. The number of benzene rings is 2.